The van der Waals surface area contributed by atoms with E-state index < -0.39 is 0 Å². The summed E-state index contributed by atoms with van der Waals surface area (Å²) < 4.78 is 5.59. The van der Waals surface area contributed by atoms with Gasteiger partial charge >= 0.3 is 0 Å². The molecule has 0 spiro atoms. The van der Waals surface area contributed by atoms with Gasteiger partial charge in [-0.2, -0.15) is 0 Å². The molecule has 0 aromatic heterocycles. The summed E-state index contributed by atoms with van der Waals surface area (Å²) in [6.07, 6.45) is 1.84. The Morgan fingerprint density at radius 3 is 2.86 bits per heavy atom. The van der Waals surface area contributed by atoms with Crippen LogP contribution in [-0.2, 0) is 4.79 Å². The Hall–Kier alpha value is -2.26. The zero-order valence-electron chi connectivity index (χ0n) is 11.5. The third kappa shape index (κ3) is 2.65. The van der Waals surface area contributed by atoms with Crippen molar-refractivity contribution in [3.63, 3.8) is 0 Å². The van der Waals surface area contributed by atoms with Crippen LogP contribution in [0.2, 0.25) is 5.02 Å². The van der Waals surface area contributed by atoms with Crippen LogP contribution in [0, 0.1) is 0 Å². The maximum Gasteiger partial charge on any atom is 0.256 e. The molecule has 0 aliphatic carbocycles. The summed E-state index contributed by atoms with van der Waals surface area (Å²) in [6.45, 7) is 2.51. The lowest BCUT2D eigenvalue weighted by Gasteiger charge is -2.07. The Morgan fingerprint density at radius 1 is 1.24 bits per heavy atom. The van der Waals surface area contributed by atoms with Gasteiger partial charge in [0.2, 0.25) is 0 Å². The van der Waals surface area contributed by atoms with Crippen LogP contribution in [0.1, 0.15) is 18.1 Å². The normalized spacial score (nSPS) is 15.0. The molecular weight excluding hydrogens is 286 g/mol. The van der Waals surface area contributed by atoms with Crippen LogP contribution in [0.4, 0.5) is 5.69 Å². The van der Waals surface area contributed by atoms with E-state index in [1.54, 1.807) is 12.1 Å². The predicted octanol–water partition coefficient (Wildman–Crippen LogP) is 4.23. The van der Waals surface area contributed by atoms with E-state index in [2.05, 4.69) is 5.32 Å². The number of halogens is 1. The molecule has 3 rings (SSSR count). The van der Waals surface area contributed by atoms with Gasteiger partial charge in [0.05, 0.1) is 6.61 Å². The highest BCUT2D eigenvalue weighted by atomic mass is 35.5. The minimum absolute atomic E-state index is 0.126. The number of carbonyl (C=O) groups excluding carboxylic acids is 1. The quantitative estimate of drug-likeness (QED) is 0.861. The van der Waals surface area contributed by atoms with E-state index in [0.29, 0.717) is 17.2 Å². The number of amides is 1. The van der Waals surface area contributed by atoms with Gasteiger partial charge in [0.15, 0.2) is 0 Å². The number of benzene rings is 2. The van der Waals surface area contributed by atoms with Crippen LogP contribution in [-0.4, -0.2) is 12.5 Å². The summed E-state index contributed by atoms with van der Waals surface area (Å²) in [7, 11) is 0. The summed E-state index contributed by atoms with van der Waals surface area (Å²) in [5, 5.41) is 3.45. The molecule has 2 aromatic carbocycles. The highest BCUT2D eigenvalue weighted by molar-refractivity contribution is 6.36. The lowest BCUT2D eigenvalue weighted by Crippen LogP contribution is -2.03. The molecule has 0 atom stereocenters. The molecule has 0 unspecified atom stereocenters. The second kappa shape index (κ2) is 5.62. The predicted molar refractivity (Wildman–Crippen MR) is 85.6 cm³/mol. The lowest BCUT2D eigenvalue weighted by atomic mass is 10.0. The van der Waals surface area contributed by atoms with Gasteiger partial charge in [-0.1, -0.05) is 29.8 Å². The minimum atomic E-state index is -0.126. The van der Waals surface area contributed by atoms with Crippen molar-refractivity contribution in [2.45, 2.75) is 6.92 Å². The van der Waals surface area contributed by atoms with E-state index in [1.807, 2.05) is 43.3 Å². The van der Waals surface area contributed by atoms with E-state index in [9.17, 15) is 4.79 Å². The number of ether oxygens (including phenoxy) is 1. The maximum atomic E-state index is 12.2. The molecule has 0 radical (unpaired) electrons. The molecule has 1 N–H and O–H groups in total. The van der Waals surface area contributed by atoms with Crippen LogP contribution in [0.3, 0.4) is 0 Å². The number of anilines is 1. The van der Waals surface area contributed by atoms with Crippen molar-refractivity contribution in [3.05, 3.63) is 58.6 Å². The fourth-order valence-electron chi connectivity index (χ4n) is 2.35. The van der Waals surface area contributed by atoms with E-state index in [4.69, 9.17) is 16.3 Å². The van der Waals surface area contributed by atoms with Crippen molar-refractivity contribution >= 4 is 34.8 Å². The number of nitrogens with one attached hydrogen (secondary N) is 1. The van der Waals surface area contributed by atoms with E-state index in [-0.39, 0.29) is 5.91 Å². The highest BCUT2D eigenvalue weighted by Crippen LogP contribution is 2.36. The first-order valence-electron chi connectivity index (χ1n) is 6.74. The van der Waals surface area contributed by atoms with E-state index in [0.717, 1.165) is 22.6 Å². The molecule has 0 saturated heterocycles. The van der Waals surface area contributed by atoms with Crippen LogP contribution in [0.15, 0.2) is 42.5 Å². The first-order valence-corrected chi connectivity index (χ1v) is 7.11. The summed E-state index contributed by atoms with van der Waals surface area (Å²) in [6, 6.07) is 13.0. The van der Waals surface area contributed by atoms with Gasteiger partial charge in [0.1, 0.15) is 5.75 Å². The van der Waals surface area contributed by atoms with Crippen molar-refractivity contribution in [2.24, 2.45) is 0 Å². The fourth-order valence-corrected chi connectivity index (χ4v) is 2.52. The molecule has 1 amide bonds. The maximum absolute atomic E-state index is 12.2. The molecule has 21 heavy (non-hydrogen) atoms. The van der Waals surface area contributed by atoms with Gasteiger partial charge < -0.3 is 10.1 Å². The summed E-state index contributed by atoms with van der Waals surface area (Å²) in [5.74, 6) is 0.634. The van der Waals surface area contributed by atoms with Crippen LogP contribution in [0.25, 0.3) is 11.6 Å². The van der Waals surface area contributed by atoms with Crippen LogP contribution >= 0.6 is 11.6 Å². The average Bonchev–Trinajstić information content (AvgIpc) is 2.77. The molecule has 2 aromatic rings. The summed E-state index contributed by atoms with van der Waals surface area (Å²) >= 11 is 6.03. The van der Waals surface area contributed by atoms with Gasteiger partial charge in [-0.25, -0.2) is 0 Å². The molecule has 1 heterocycles. The van der Waals surface area contributed by atoms with Crippen molar-refractivity contribution < 1.29 is 9.53 Å². The van der Waals surface area contributed by atoms with Crippen molar-refractivity contribution in [2.75, 3.05) is 11.9 Å². The number of para-hydroxylation sites is 1. The molecule has 4 heteroatoms. The minimum Gasteiger partial charge on any atom is -0.493 e. The Bertz CT molecular complexity index is 737. The second-order valence-corrected chi connectivity index (χ2v) is 5.11. The molecule has 0 saturated carbocycles. The van der Waals surface area contributed by atoms with Crippen LogP contribution in [0.5, 0.6) is 5.75 Å². The SMILES string of the molecule is CCOc1ccccc1C=C1C(=O)Nc2ccc(Cl)cc21. The van der Waals surface area contributed by atoms with Crippen LogP contribution < -0.4 is 10.1 Å². The van der Waals surface area contributed by atoms with Crippen molar-refractivity contribution in [1.29, 1.82) is 0 Å². The number of fused-ring (bicyclic) bond motifs is 1. The highest BCUT2D eigenvalue weighted by Gasteiger charge is 2.24. The van der Waals surface area contributed by atoms with Crippen molar-refractivity contribution in [3.8, 4) is 5.75 Å². The molecule has 3 nitrogen and oxygen atoms in total. The average molecular weight is 300 g/mol. The molecular formula is C17H14ClNO2. The Balaban J connectivity index is 2.09. The zero-order valence-corrected chi connectivity index (χ0v) is 12.3. The molecule has 1 aliphatic heterocycles. The number of rotatable bonds is 3. The molecule has 0 fully saturated rings. The number of hydrogen-bond acceptors (Lipinski definition) is 2. The van der Waals surface area contributed by atoms with E-state index >= 15 is 0 Å². The Labute approximate surface area is 128 Å². The second-order valence-electron chi connectivity index (χ2n) is 4.67. The zero-order chi connectivity index (χ0) is 14.8. The van der Waals surface area contributed by atoms with Gasteiger partial charge in [-0.15, -0.1) is 0 Å². The molecule has 1 aliphatic rings. The Morgan fingerprint density at radius 2 is 2.05 bits per heavy atom. The Kier molecular flexibility index (Phi) is 3.67. The third-order valence-electron chi connectivity index (χ3n) is 3.28. The fraction of sp³-hybridized carbons (Fsp3) is 0.118. The lowest BCUT2D eigenvalue weighted by molar-refractivity contribution is -0.110. The van der Waals surface area contributed by atoms with Gasteiger partial charge in [0, 0.05) is 27.4 Å². The standard InChI is InChI=1S/C17H14ClNO2/c1-2-21-16-6-4-3-5-11(16)9-14-13-10-12(18)7-8-15(13)19-17(14)20/h3-10H,2H2,1H3,(H,19,20). The topological polar surface area (TPSA) is 38.3 Å². The molecule has 106 valence electrons. The molecule has 0 bridgehead atoms. The van der Waals surface area contributed by atoms with Gasteiger partial charge in [-0.05, 0) is 37.3 Å². The van der Waals surface area contributed by atoms with Crippen molar-refractivity contribution in [1.82, 2.24) is 0 Å². The van der Waals surface area contributed by atoms with Gasteiger partial charge in [0.25, 0.3) is 5.91 Å². The smallest absolute Gasteiger partial charge is 0.256 e. The number of hydrogen-bond donors (Lipinski definition) is 1. The largest absolute Gasteiger partial charge is 0.493 e. The third-order valence-corrected chi connectivity index (χ3v) is 3.52. The number of carbonyl (C=O) groups is 1. The first-order chi connectivity index (χ1) is 10.2. The van der Waals surface area contributed by atoms with E-state index in [1.165, 1.54) is 0 Å². The first kappa shape index (κ1) is 13.7. The summed E-state index contributed by atoms with van der Waals surface area (Å²) in [5.41, 5.74) is 3.07. The summed E-state index contributed by atoms with van der Waals surface area (Å²) in [4.78, 5) is 12.2. The monoisotopic (exact) mass is 299 g/mol. The van der Waals surface area contributed by atoms with Gasteiger partial charge in [-0.3, -0.25) is 4.79 Å².